The highest BCUT2D eigenvalue weighted by Gasteiger charge is 2.32. The maximum atomic E-state index is 12.7. The highest BCUT2D eigenvalue weighted by atomic mass is 19.4. The summed E-state index contributed by atoms with van der Waals surface area (Å²) in [6.07, 6.45) is -2.22. The fourth-order valence-corrected chi connectivity index (χ4v) is 3.15. The summed E-state index contributed by atoms with van der Waals surface area (Å²) in [5.74, 6) is 0.488. The van der Waals surface area contributed by atoms with Crippen molar-refractivity contribution >= 4 is 17.4 Å². The first-order valence-electron chi connectivity index (χ1n) is 8.47. The van der Waals surface area contributed by atoms with Crippen molar-refractivity contribution in [3.05, 3.63) is 54.2 Å². The van der Waals surface area contributed by atoms with Gasteiger partial charge in [-0.3, -0.25) is 4.79 Å². The summed E-state index contributed by atoms with van der Waals surface area (Å²) in [7, 11) is 1.77. The molecule has 3 rings (SSSR count). The molecule has 1 aliphatic heterocycles. The third-order valence-corrected chi connectivity index (χ3v) is 4.72. The second-order valence-electron chi connectivity index (χ2n) is 6.40. The van der Waals surface area contributed by atoms with Crippen molar-refractivity contribution in [2.45, 2.75) is 19.0 Å². The van der Waals surface area contributed by atoms with Crippen molar-refractivity contribution in [1.82, 2.24) is 4.98 Å². The lowest BCUT2D eigenvalue weighted by molar-refractivity contribution is -0.137. The van der Waals surface area contributed by atoms with E-state index >= 15 is 0 Å². The topological polar surface area (TPSA) is 36.4 Å². The summed E-state index contributed by atoms with van der Waals surface area (Å²) >= 11 is 0. The molecule has 0 N–H and O–H groups in total. The molecule has 0 atom stereocenters. The minimum Gasteiger partial charge on any atom is -0.357 e. The Balaban J connectivity index is 1.59. The van der Waals surface area contributed by atoms with Crippen LogP contribution in [-0.4, -0.2) is 31.0 Å². The van der Waals surface area contributed by atoms with Crippen molar-refractivity contribution in [3.63, 3.8) is 0 Å². The smallest absolute Gasteiger partial charge is 0.357 e. The van der Waals surface area contributed by atoms with Crippen LogP contribution in [0.25, 0.3) is 0 Å². The largest absolute Gasteiger partial charge is 0.417 e. The van der Waals surface area contributed by atoms with Crippen LogP contribution in [0, 0.1) is 5.92 Å². The number of nitrogens with zero attached hydrogens (tertiary/aromatic N) is 3. The van der Waals surface area contributed by atoms with Crippen LogP contribution in [0.1, 0.15) is 18.4 Å². The molecular weight excluding hydrogens is 343 g/mol. The molecule has 26 heavy (non-hydrogen) atoms. The molecule has 4 nitrogen and oxygen atoms in total. The van der Waals surface area contributed by atoms with Gasteiger partial charge >= 0.3 is 6.18 Å². The monoisotopic (exact) mass is 363 g/mol. The summed E-state index contributed by atoms with van der Waals surface area (Å²) in [5.41, 5.74) is 0.0973. The number of carbonyl (C=O) groups excluding carboxylic acids is 1. The highest BCUT2D eigenvalue weighted by molar-refractivity contribution is 5.94. The van der Waals surface area contributed by atoms with Gasteiger partial charge in [0.15, 0.2) is 0 Å². The van der Waals surface area contributed by atoms with E-state index in [2.05, 4.69) is 4.98 Å². The first-order valence-corrected chi connectivity index (χ1v) is 8.47. The number of aromatic nitrogens is 1. The van der Waals surface area contributed by atoms with E-state index < -0.39 is 11.7 Å². The molecule has 0 unspecified atom stereocenters. The number of pyridine rings is 1. The normalized spacial score (nSPS) is 15.8. The maximum Gasteiger partial charge on any atom is 0.417 e. The molecule has 1 amide bonds. The predicted octanol–water partition coefficient (Wildman–Crippen LogP) is 3.98. The molecule has 0 bridgehead atoms. The molecule has 7 heteroatoms. The minimum atomic E-state index is -4.38. The first-order chi connectivity index (χ1) is 12.4. The highest BCUT2D eigenvalue weighted by Crippen LogP contribution is 2.30. The Bertz CT molecular complexity index is 739. The lowest BCUT2D eigenvalue weighted by Crippen LogP contribution is -2.41. The molecule has 2 aromatic rings. The van der Waals surface area contributed by atoms with Gasteiger partial charge in [0, 0.05) is 37.9 Å². The number of rotatable bonds is 3. The van der Waals surface area contributed by atoms with Gasteiger partial charge in [-0.2, -0.15) is 13.2 Å². The van der Waals surface area contributed by atoms with Crippen LogP contribution in [0.5, 0.6) is 0 Å². The Morgan fingerprint density at radius 1 is 1.12 bits per heavy atom. The van der Waals surface area contributed by atoms with Crippen LogP contribution in [0.4, 0.5) is 24.7 Å². The Hall–Kier alpha value is -2.57. The fourth-order valence-electron chi connectivity index (χ4n) is 3.15. The van der Waals surface area contributed by atoms with E-state index in [1.807, 2.05) is 35.2 Å². The first kappa shape index (κ1) is 18.2. The van der Waals surface area contributed by atoms with E-state index in [-0.39, 0.29) is 11.8 Å². The van der Waals surface area contributed by atoms with E-state index in [0.717, 1.165) is 18.0 Å². The Labute approximate surface area is 150 Å². The second kappa shape index (κ2) is 7.35. The van der Waals surface area contributed by atoms with Crippen LogP contribution in [0.2, 0.25) is 0 Å². The van der Waals surface area contributed by atoms with E-state index in [1.54, 1.807) is 11.9 Å². The summed E-state index contributed by atoms with van der Waals surface area (Å²) in [4.78, 5) is 20.2. The predicted molar refractivity (Wildman–Crippen MR) is 94.0 cm³/mol. The van der Waals surface area contributed by atoms with Crippen LogP contribution < -0.4 is 9.80 Å². The number of carbonyl (C=O) groups is 1. The molecular formula is C19H20F3N3O. The number of hydrogen-bond donors (Lipinski definition) is 0. The van der Waals surface area contributed by atoms with Gasteiger partial charge in [0.05, 0.1) is 5.56 Å². The Kier molecular flexibility index (Phi) is 5.15. The zero-order chi connectivity index (χ0) is 18.7. The average Bonchev–Trinajstić information content (AvgIpc) is 2.67. The molecule has 1 saturated heterocycles. The van der Waals surface area contributed by atoms with Gasteiger partial charge in [-0.05, 0) is 37.1 Å². The number of anilines is 2. The lowest BCUT2D eigenvalue weighted by Gasteiger charge is -2.34. The maximum absolute atomic E-state index is 12.7. The number of para-hydroxylation sites is 1. The molecule has 0 aliphatic carbocycles. The van der Waals surface area contributed by atoms with Crippen molar-refractivity contribution in [1.29, 1.82) is 0 Å². The van der Waals surface area contributed by atoms with Crippen LogP contribution in [0.3, 0.4) is 0 Å². The fraction of sp³-hybridized carbons (Fsp3) is 0.368. The third kappa shape index (κ3) is 3.98. The second-order valence-corrected chi connectivity index (χ2v) is 6.40. The lowest BCUT2D eigenvalue weighted by atomic mass is 9.95. The molecule has 1 fully saturated rings. The zero-order valence-electron chi connectivity index (χ0n) is 14.4. The number of amides is 1. The number of piperidine rings is 1. The van der Waals surface area contributed by atoms with Gasteiger partial charge in [-0.15, -0.1) is 0 Å². The number of alkyl halides is 3. The molecule has 1 aromatic carbocycles. The molecule has 1 aliphatic rings. The van der Waals surface area contributed by atoms with Crippen LogP contribution in [0.15, 0.2) is 48.7 Å². The quantitative estimate of drug-likeness (QED) is 0.828. The molecule has 1 aromatic heterocycles. The van der Waals surface area contributed by atoms with Crippen molar-refractivity contribution in [3.8, 4) is 0 Å². The SMILES string of the molecule is CN(C(=O)C1CCN(c2ccc(C(F)(F)F)cn2)CC1)c1ccccc1. The summed E-state index contributed by atoms with van der Waals surface area (Å²) in [5, 5.41) is 0. The van der Waals surface area contributed by atoms with Gasteiger partial charge in [-0.1, -0.05) is 18.2 Å². The summed E-state index contributed by atoms with van der Waals surface area (Å²) in [6, 6.07) is 11.9. The van der Waals surface area contributed by atoms with Gasteiger partial charge in [-0.25, -0.2) is 4.98 Å². The van der Waals surface area contributed by atoms with Crippen molar-refractivity contribution in [2.75, 3.05) is 29.9 Å². The molecule has 0 spiro atoms. The molecule has 138 valence electrons. The number of halogens is 3. The van der Waals surface area contributed by atoms with E-state index in [9.17, 15) is 18.0 Å². The Morgan fingerprint density at radius 2 is 1.77 bits per heavy atom. The molecule has 0 radical (unpaired) electrons. The third-order valence-electron chi connectivity index (χ3n) is 4.72. The number of benzene rings is 1. The standard InChI is InChI=1S/C19H20F3N3O/c1-24(16-5-3-2-4-6-16)18(26)14-9-11-25(12-10-14)17-8-7-15(13-23-17)19(20,21)22/h2-8,13-14H,9-12H2,1H3. The minimum absolute atomic E-state index is 0.0660. The van der Waals surface area contributed by atoms with Crippen molar-refractivity contribution < 1.29 is 18.0 Å². The van der Waals surface area contributed by atoms with Gasteiger partial charge < -0.3 is 9.80 Å². The van der Waals surface area contributed by atoms with E-state index in [1.165, 1.54) is 6.07 Å². The van der Waals surface area contributed by atoms with Gasteiger partial charge in [0.25, 0.3) is 0 Å². The number of hydrogen-bond acceptors (Lipinski definition) is 3. The van der Waals surface area contributed by atoms with Crippen molar-refractivity contribution in [2.24, 2.45) is 5.92 Å². The summed E-state index contributed by atoms with van der Waals surface area (Å²) in [6.45, 7) is 1.19. The van der Waals surface area contributed by atoms with E-state index in [0.29, 0.717) is 31.7 Å². The zero-order valence-corrected chi connectivity index (χ0v) is 14.4. The summed E-state index contributed by atoms with van der Waals surface area (Å²) < 4.78 is 37.9. The van der Waals surface area contributed by atoms with Gasteiger partial charge in [0.2, 0.25) is 5.91 Å². The average molecular weight is 363 g/mol. The van der Waals surface area contributed by atoms with Gasteiger partial charge in [0.1, 0.15) is 5.82 Å². The molecule has 2 heterocycles. The van der Waals surface area contributed by atoms with Crippen LogP contribution >= 0.6 is 0 Å². The Morgan fingerprint density at radius 3 is 2.31 bits per heavy atom. The van der Waals surface area contributed by atoms with E-state index in [4.69, 9.17) is 0 Å². The molecule has 0 saturated carbocycles. The van der Waals surface area contributed by atoms with Crippen LogP contribution in [-0.2, 0) is 11.0 Å².